The summed E-state index contributed by atoms with van der Waals surface area (Å²) in [5.41, 5.74) is 5.91. The molecule has 4 nitrogen and oxygen atoms in total. The first-order valence-corrected chi connectivity index (χ1v) is 5.36. The fraction of sp³-hybridized carbons (Fsp3) is 0.250. The molecule has 0 saturated carbocycles. The van der Waals surface area contributed by atoms with Crippen molar-refractivity contribution in [2.45, 2.75) is 12.5 Å². The van der Waals surface area contributed by atoms with Gasteiger partial charge in [0.25, 0.3) is 0 Å². The molecule has 0 amide bonds. The maximum atomic E-state index is 5.95. The minimum absolute atomic E-state index is 0.173. The summed E-state index contributed by atoms with van der Waals surface area (Å²) in [6.07, 6.45) is 2.14. The number of thiophene rings is 1. The van der Waals surface area contributed by atoms with Gasteiger partial charge in [-0.2, -0.15) is 5.10 Å². The number of nitrogens with zero attached hydrogens (tertiary/aromatic N) is 2. The van der Waals surface area contributed by atoms with E-state index in [1.807, 2.05) is 11.4 Å². The molecule has 0 aliphatic carbocycles. The Kier molecular flexibility index (Phi) is 2.81. The highest BCUT2D eigenvalue weighted by Crippen LogP contribution is 2.25. The number of hydrogen-bond acceptors (Lipinski definition) is 4. The van der Waals surface area contributed by atoms with Gasteiger partial charge in [0.2, 0.25) is 0 Å². The summed E-state index contributed by atoms with van der Waals surface area (Å²) in [7, 11) is 0. The Labute approximate surface area is 90.1 Å². The first-order chi connectivity index (χ1) is 6.77. The zero-order valence-electron chi connectivity index (χ0n) is 7.27. The normalized spacial score (nSPS) is 13.0. The summed E-state index contributed by atoms with van der Waals surface area (Å²) in [6.45, 7) is 0. The van der Waals surface area contributed by atoms with Gasteiger partial charge >= 0.3 is 0 Å². The molecule has 0 aliphatic rings. The van der Waals surface area contributed by atoms with E-state index >= 15 is 0 Å². The van der Waals surface area contributed by atoms with Gasteiger partial charge in [0, 0.05) is 11.3 Å². The van der Waals surface area contributed by atoms with E-state index in [0.717, 1.165) is 9.90 Å². The van der Waals surface area contributed by atoms with Gasteiger partial charge in [-0.1, -0.05) is 11.6 Å². The Balaban J connectivity index is 2.09. The third-order valence-electron chi connectivity index (χ3n) is 1.88. The van der Waals surface area contributed by atoms with Gasteiger partial charge in [-0.3, -0.25) is 5.10 Å². The zero-order chi connectivity index (χ0) is 9.97. The lowest BCUT2D eigenvalue weighted by Gasteiger charge is -2.06. The molecule has 74 valence electrons. The number of hydrogen-bond donors (Lipinski definition) is 2. The second-order valence-electron chi connectivity index (χ2n) is 2.87. The second kappa shape index (κ2) is 4.08. The third-order valence-corrected chi connectivity index (χ3v) is 3.29. The molecule has 14 heavy (non-hydrogen) atoms. The van der Waals surface area contributed by atoms with Crippen molar-refractivity contribution in [2.75, 3.05) is 0 Å². The number of nitrogens with one attached hydrogen (secondary N) is 1. The van der Waals surface area contributed by atoms with E-state index in [0.29, 0.717) is 12.2 Å². The van der Waals surface area contributed by atoms with Crippen molar-refractivity contribution < 1.29 is 0 Å². The largest absolute Gasteiger partial charge is 0.321 e. The van der Waals surface area contributed by atoms with Crippen molar-refractivity contribution in [1.82, 2.24) is 15.2 Å². The smallest absolute Gasteiger partial charge is 0.141 e. The highest BCUT2D eigenvalue weighted by molar-refractivity contribution is 7.10. The molecule has 0 spiro atoms. The summed E-state index contributed by atoms with van der Waals surface area (Å²) in [5, 5.41) is 9.21. The van der Waals surface area contributed by atoms with Gasteiger partial charge in [-0.15, -0.1) is 11.3 Å². The van der Waals surface area contributed by atoms with Gasteiger partial charge in [0.05, 0.1) is 11.1 Å². The molecule has 2 aromatic rings. The van der Waals surface area contributed by atoms with Gasteiger partial charge in [-0.25, -0.2) is 4.98 Å². The number of nitrogens with two attached hydrogens (primary N) is 1. The number of halogens is 1. The van der Waals surface area contributed by atoms with E-state index in [1.54, 1.807) is 11.3 Å². The Hall–Kier alpha value is -0.910. The molecule has 0 aromatic carbocycles. The fourth-order valence-corrected chi connectivity index (χ4v) is 2.33. The van der Waals surface area contributed by atoms with Crippen LogP contribution in [0.5, 0.6) is 0 Å². The summed E-state index contributed by atoms with van der Waals surface area (Å²) < 4.78 is 0. The first-order valence-electron chi connectivity index (χ1n) is 4.10. The van der Waals surface area contributed by atoms with Gasteiger partial charge in [0.15, 0.2) is 0 Å². The van der Waals surface area contributed by atoms with E-state index < -0.39 is 0 Å². The highest BCUT2D eigenvalue weighted by Gasteiger charge is 2.12. The van der Waals surface area contributed by atoms with Crippen LogP contribution >= 0.6 is 22.9 Å². The molecular weight excluding hydrogens is 220 g/mol. The standard InChI is InChI=1S/C8H9ClN4S/c9-5-1-2-14-7(5)3-6(10)8-11-4-12-13-8/h1-2,4,6H,3,10H2,(H,11,12,13). The summed E-state index contributed by atoms with van der Waals surface area (Å²) >= 11 is 7.56. The molecule has 2 heterocycles. The Morgan fingerprint density at radius 2 is 2.50 bits per heavy atom. The topological polar surface area (TPSA) is 67.6 Å². The molecule has 0 saturated heterocycles. The Morgan fingerprint density at radius 1 is 1.64 bits per heavy atom. The van der Waals surface area contributed by atoms with Gasteiger partial charge in [0.1, 0.15) is 12.2 Å². The second-order valence-corrected chi connectivity index (χ2v) is 4.28. The van der Waals surface area contributed by atoms with Crippen molar-refractivity contribution in [3.63, 3.8) is 0 Å². The van der Waals surface area contributed by atoms with Crippen LogP contribution in [0.1, 0.15) is 16.7 Å². The van der Waals surface area contributed by atoms with Gasteiger partial charge < -0.3 is 5.73 Å². The predicted octanol–water partition coefficient (Wildman–Crippen LogP) is 1.76. The number of rotatable bonds is 3. The highest BCUT2D eigenvalue weighted by atomic mass is 35.5. The fourth-order valence-electron chi connectivity index (χ4n) is 1.16. The van der Waals surface area contributed by atoms with Crippen molar-refractivity contribution in [2.24, 2.45) is 5.73 Å². The van der Waals surface area contributed by atoms with Gasteiger partial charge in [-0.05, 0) is 11.4 Å². The van der Waals surface area contributed by atoms with Crippen LogP contribution in [0, 0.1) is 0 Å². The molecule has 2 aromatic heterocycles. The lowest BCUT2D eigenvalue weighted by atomic mass is 10.2. The van der Waals surface area contributed by atoms with Crippen molar-refractivity contribution in [3.05, 3.63) is 33.5 Å². The molecule has 3 N–H and O–H groups in total. The molecule has 0 radical (unpaired) electrons. The summed E-state index contributed by atoms with van der Waals surface area (Å²) in [6, 6.07) is 1.70. The average Bonchev–Trinajstić information content (AvgIpc) is 2.77. The third kappa shape index (κ3) is 1.95. The lowest BCUT2D eigenvalue weighted by molar-refractivity contribution is 0.677. The number of aromatic nitrogens is 3. The number of aromatic amines is 1. The summed E-state index contributed by atoms with van der Waals surface area (Å²) in [5.74, 6) is 0.689. The maximum absolute atomic E-state index is 5.95. The lowest BCUT2D eigenvalue weighted by Crippen LogP contribution is -2.14. The molecule has 1 unspecified atom stereocenters. The van der Waals surface area contributed by atoms with Crippen LogP contribution in [0.2, 0.25) is 5.02 Å². The van der Waals surface area contributed by atoms with Crippen molar-refractivity contribution in [3.8, 4) is 0 Å². The molecule has 1 atom stereocenters. The Morgan fingerprint density at radius 3 is 3.07 bits per heavy atom. The average molecular weight is 229 g/mol. The summed E-state index contributed by atoms with van der Waals surface area (Å²) in [4.78, 5) is 5.08. The van der Waals surface area contributed by atoms with E-state index in [-0.39, 0.29) is 6.04 Å². The molecule has 0 aliphatic heterocycles. The minimum atomic E-state index is -0.173. The van der Waals surface area contributed by atoms with E-state index in [4.69, 9.17) is 17.3 Å². The van der Waals surface area contributed by atoms with Crippen molar-refractivity contribution in [1.29, 1.82) is 0 Å². The molecule has 2 rings (SSSR count). The van der Waals surface area contributed by atoms with Crippen LogP contribution in [0.25, 0.3) is 0 Å². The Bertz CT molecular complexity index is 397. The van der Waals surface area contributed by atoms with E-state index in [9.17, 15) is 0 Å². The minimum Gasteiger partial charge on any atom is -0.321 e. The van der Waals surface area contributed by atoms with Crippen LogP contribution in [0.4, 0.5) is 0 Å². The zero-order valence-corrected chi connectivity index (χ0v) is 8.85. The number of H-pyrrole nitrogens is 1. The predicted molar refractivity (Wildman–Crippen MR) is 56.3 cm³/mol. The van der Waals surface area contributed by atoms with Crippen LogP contribution in [-0.2, 0) is 6.42 Å². The maximum Gasteiger partial charge on any atom is 0.141 e. The van der Waals surface area contributed by atoms with Crippen molar-refractivity contribution >= 4 is 22.9 Å². The first kappa shape index (κ1) is 9.64. The molecule has 0 fully saturated rings. The molecule has 6 heteroatoms. The molecule has 0 bridgehead atoms. The van der Waals surface area contributed by atoms with Crippen LogP contribution in [-0.4, -0.2) is 15.2 Å². The monoisotopic (exact) mass is 228 g/mol. The molecular formula is C8H9ClN4S. The van der Waals surface area contributed by atoms with Crippen LogP contribution < -0.4 is 5.73 Å². The van der Waals surface area contributed by atoms with Crippen LogP contribution in [0.15, 0.2) is 17.8 Å². The quantitative estimate of drug-likeness (QED) is 0.841. The SMILES string of the molecule is NC(Cc1sccc1Cl)c1ncn[nH]1. The van der Waals surface area contributed by atoms with E-state index in [2.05, 4.69) is 15.2 Å². The van der Waals surface area contributed by atoms with E-state index in [1.165, 1.54) is 6.33 Å². The van der Waals surface area contributed by atoms with Crippen LogP contribution in [0.3, 0.4) is 0 Å².